The fraction of sp³-hybridized carbons (Fsp3) is 0.375. The number of carbonyl (C=O) groups excluding carboxylic acids is 2. The zero-order valence-corrected chi connectivity index (χ0v) is 20.3. The fourth-order valence-corrected chi connectivity index (χ4v) is 6.01. The topological polar surface area (TPSA) is 62.3 Å². The van der Waals surface area contributed by atoms with Gasteiger partial charge in [0, 0.05) is 24.5 Å². The monoisotopic (exact) mass is 487 g/mol. The Labute approximate surface area is 201 Å². The minimum Gasteiger partial charge on any atom is -0.353 e. The van der Waals surface area contributed by atoms with Gasteiger partial charge in [0.2, 0.25) is 11.8 Å². The zero-order chi connectivity index (χ0) is 22.5. The van der Waals surface area contributed by atoms with Gasteiger partial charge in [0.15, 0.2) is 0 Å². The molecule has 1 aliphatic heterocycles. The molecule has 5 nitrogen and oxygen atoms in total. The molecule has 3 aromatic rings. The smallest absolute Gasteiger partial charge is 0.230 e. The van der Waals surface area contributed by atoms with E-state index in [4.69, 9.17) is 11.6 Å². The number of benzene rings is 1. The first-order valence-corrected chi connectivity index (χ1v) is 12.9. The molecule has 168 valence electrons. The van der Waals surface area contributed by atoms with Crippen molar-refractivity contribution in [2.24, 2.45) is 0 Å². The lowest BCUT2D eigenvalue weighted by Gasteiger charge is -2.34. The maximum atomic E-state index is 13.0. The quantitative estimate of drug-likeness (QED) is 0.487. The second kappa shape index (κ2) is 10.6. The summed E-state index contributed by atoms with van der Waals surface area (Å²) in [5.41, 5.74) is 1.84. The Morgan fingerprint density at radius 2 is 1.94 bits per heavy atom. The lowest BCUT2D eigenvalue weighted by Crippen LogP contribution is -2.48. The van der Waals surface area contributed by atoms with Gasteiger partial charge in [-0.2, -0.15) is 0 Å². The van der Waals surface area contributed by atoms with Crippen molar-refractivity contribution in [1.82, 2.24) is 15.2 Å². The van der Waals surface area contributed by atoms with Crippen molar-refractivity contribution >= 4 is 46.1 Å². The van der Waals surface area contributed by atoms with Gasteiger partial charge in [-0.05, 0) is 37.0 Å². The third-order valence-corrected chi connectivity index (χ3v) is 8.05. The van der Waals surface area contributed by atoms with Crippen molar-refractivity contribution in [3.05, 3.63) is 63.4 Å². The molecular weight excluding hydrogens is 462 g/mol. The molecule has 0 bridgehead atoms. The van der Waals surface area contributed by atoms with Gasteiger partial charge in [-0.3, -0.25) is 9.59 Å². The van der Waals surface area contributed by atoms with Gasteiger partial charge < -0.3 is 10.2 Å². The van der Waals surface area contributed by atoms with Crippen LogP contribution in [0.15, 0.2) is 47.8 Å². The summed E-state index contributed by atoms with van der Waals surface area (Å²) in [7, 11) is 0. The van der Waals surface area contributed by atoms with Crippen LogP contribution in [0.4, 0.5) is 0 Å². The number of rotatable bonds is 7. The molecule has 1 saturated heterocycles. The predicted octanol–water partition coefficient (Wildman–Crippen LogP) is 5.37. The molecule has 1 atom stereocenters. The molecular formula is C24H26ClN3O2S2. The van der Waals surface area contributed by atoms with Crippen LogP contribution in [-0.2, 0) is 16.0 Å². The van der Waals surface area contributed by atoms with Crippen LogP contribution in [0.5, 0.6) is 0 Å². The highest BCUT2D eigenvalue weighted by molar-refractivity contribution is 7.23. The van der Waals surface area contributed by atoms with E-state index in [9.17, 15) is 9.59 Å². The second-order valence-electron chi connectivity index (χ2n) is 7.96. The molecule has 1 aromatic carbocycles. The van der Waals surface area contributed by atoms with Gasteiger partial charge in [-0.1, -0.05) is 48.9 Å². The summed E-state index contributed by atoms with van der Waals surface area (Å²) in [6.45, 7) is 3.40. The molecule has 1 fully saturated rings. The Balaban J connectivity index is 1.26. The van der Waals surface area contributed by atoms with Crippen molar-refractivity contribution in [1.29, 1.82) is 0 Å². The Morgan fingerprint density at radius 1 is 1.19 bits per heavy atom. The molecule has 0 radical (unpaired) electrons. The number of hydrogen-bond donors (Lipinski definition) is 1. The van der Waals surface area contributed by atoms with E-state index in [-0.39, 0.29) is 30.2 Å². The van der Waals surface area contributed by atoms with Crippen LogP contribution in [0.25, 0.3) is 9.88 Å². The molecule has 8 heteroatoms. The summed E-state index contributed by atoms with van der Waals surface area (Å²) >= 11 is 9.02. The van der Waals surface area contributed by atoms with Crippen molar-refractivity contribution in [3.63, 3.8) is 0 Å². The largest absolute Gasteiger partial charge is 0.353 e. The molecule has 0 spiro atoms. The summed E-state index contributed by atoms with van der Waals surface area (Å²) in [6.07, 6.45) is 2.60. The number of halogens is 1. The summed E-state index contributed by atoms with van der Waals surface area (Å²) in [5, 5.41) is 5.94. The van der Waals surface area contributed by atoms with Crippen molar-refractivity contribution in [2.45, 2.75) is 44.6 Å². The SMILES string of the molecule is CCC(C(=O)N1CCC(NC(=O)Cc2csc(-c3ccc(Cl)s3)n2)CC1)c1ccccc1. The maximum absolute atomic E-state index is 13.0. The lowest BCUT2D eigenvalue weighted by molar-refractivity contribution is -0.134. The van der Waals surface area contributed by atoms with Crippen LogP contribution in [0.2, 0.25) is 4.34 Å². The van der Waals surface area contributed by atoms with Gasteiger partial charge >= 0.3 is 0 Å². The van der Waals surface area contributed by atoms with E-state index in [2.05, 4.69) is 17.2 Å². The number of aromatic nitrogens is 1. The van der Waals surface area contributed by atoms with Gasteiger partial charge in [-0.15, -0.1) is 22.7 Å². The van der Waals surface area contributed by atoms with Crippen LogP contribution >= 0.6 is 34.3 Å². The third-order valence-electron chi connectivity index (χ3n) is 5.76. The normalized spacial score (nSPS) is 15.5. The number of nitrogens with one attached hydrogen (secondary N) is 1. The Kier molecular flexibility index (Phi) is 7.60. The van der Waals surface area contributed by atoms with E-state index >= 15 is 0 Å². The average Bonchev–Trinajstić information content (AvgIpc) is 3.44. The van der Waals surface area contributed by atoms with Gasteiger partial charge in [0.1, 0.15) is 5.01 Å². The Morgan fingerprint density at radius 3 is 2.59 bits per heavy atom. The molecule has 4 rings (SSSR count). The van der Waals surface area contributed by atoms with Crippen molar-refractivity contribution < 1.29 is 9.59 Å². The molecule has 1 unspecified atom stereocenters. The summed E-state index contributed by atoms with van der Waals surface area (Å²) in [5.74, 6) is 0.0677. The van der Waals surface area contributed by atoms with Gasteiger partial charge in [0.05, 0.1) is 27.2 Å². The number of likely N-dealkylation sites (tertiary alicyclic amines) is 1. The Hall–Kier alpha value is -2.22. The third kappa shape index (κ3) is 5.57. The van der Waals surface area contributed by atoms with Gasteiger partial charge in [0.25, 0.3) is 0 Å². The molecule has 2 amide bonds. The van der Waals surface area contributed by atoms with E-state index in [1.807, 2.05) is 52.7 Å². The number of thiazole rings is 1. The average molecular weight is 488 g/mol. The maximum Gasteiger partial charge on any atom is 0.230 e. The van der Waals surface area contributed by atoms with E-state index in [0.717, 1.165) is 44.7 Å². The van der Waals surface area contributed by atoms with E-state index in [1.165, 1.54) is 22.7 Å². The van der Waals surface area contributed by atoms with E-state index in [1.54, 1.807) is 0 Å². The molecule has 2 aromatic heterocycles. The van der Waals surface area contributed by atoms with Crippen LogP contribution in [0.3, 0.4) is 0 Å². The number of carbonyl (C=O) groups is 2. The predicted molar refractivity (Wildman–Crippen MR) is 131 cm³/mol. The van der Waals surface area contributed by atoms with Crippen molar-refractivity contribution in [2.75, 3.05) is 13.1 Å². The number of thiophene rings is 1. The van der Waals surface area contributed by atoms with Crippen LogP contribution < -0.4 is 5.32 Å². The van der Waals surface area contributed by atoms with Gasteiger partial charge in [-0.25, -0.2) is 4.98 Å². The second-order valence-corrected chi connectivity index (χ2v) is 10.5. The molecule has 0 aliphatic carbocycles. The molecule has 1 N–H and O–H groups in total. The van der Waals surface area contributed by atoms with Crippen LogP contribution in [0, 0.1) is 0 Å². The Bertz CT molecular complexity index is 1060. The molecule has 1 aliphatic rings. The highest BCUT2D eigenvalue weighted by Gasteiger charge is 2.28. The van der Waals surface area contributed by atoms with E-state index in [0.29, 0.717) is 13.1 Å². The zero-order valence-electron chi connectivity index (χ0n) is 17.9. The number of amides is 2. The van der Waals surface area contributed by atoms with E-state index < -0.39 is 0 Å². The highest BCUT2D eigenvalue weighted by atomic mass is 35.5. The summed E-state index contributed by atoms with van der Waals surface area (Å²) in [4.78, 5) is 33.1. The first kappa shape index (κ1) is 23.0. The summed E-state index contributed by atoms with van der Waals surface area (Å²) < 4.78 is 0.730. The molecule has 32 heavy (non-hydrogen) atoms. The minimum absolute atomic E-state index is 0.0217. The number of piperidine rings is 1. The highest BCUT2D eigenvalue weighted by Crippen LogP contribution is 2.33. The van der Waals surface area contributed by atoms with Crippen LogP contribution in [-0.4, -0.2) is 40.8 Å². The number of nitrogens with zero attached hydrogens (tertiary/aromatic N) is 2. The standard InChI is InChI=1S/C24H26ClN3O2S2/c1-2-19(16-6-4-3-5-7-16)24(30)28-12-10-17(11-13-28)26-22(29)14-18-15-31-23(27-18)20-8-9-21(25)32-20/h3-9,15,17,19H,2,10-14H2,1H3,(H,26,29). The van der Waals surface area contributed by atoms with Crippen LogP contribution in [0.1, 0.15) is 43.4 Å². The van der Waals surface area contributed by atoms with Crippen molar-refractivity contribution in [3.8, 4) is 9.88 Å². The molecule has 0 saturated carbocycles. The minimum atomic E-state index is -0.0978. The lowest BCUT2D eigenvalue weighted by atomic mass is 9.93. The first-order chi connectivity index (χ1) is 15.5. The summed E-state index contributed by atoms with van der Waals surface area (Å²) in [6, 6.07) is 13.9. The number of hydrogen-bond acceptors (Lipinski definition) is 5. The fourth-order valence-electron chi connectivity index (χ4n) is 4.08. The molecule has 3 heterocycles. The first-order valence-electron chi connectivity index (χ1n) is 10.9.